The standard InChI is InChI=1S/C10H10Cl5NS/c1-16(2)3-4-17-10-8(14)6(12)5(11)7(13)9(10)15/h3-4H2,1-2H3. The molecular weight excluding hydrogens is 343 g/mol. The van der Waals surface area contributed by atoms with Gasteiger partial charge >= 0.3 is 0 Å². The summed E-state index contributed by atoms with van der Waals surface area (Å²) in [6.07, 6.45) is 0. The van der Waals surface area contributed by atoms with E-state index in [1.54, 1.807) is 0 Å². The molecule has 0 aromatic heterocycles. The first-order chi connectivity index (χ1) is 7.86. The Kier molecular flexibility index (Phi) is 6.55. The molecule has 1 rings (SSSR count). The van der Waals surface area contributed by atoms with E-state index in [0.717, 1.165) is 12.3 Å². The fourth-order valence-corrected chi connectivity index (χ4v) is 3.74. The van der Waals surface area contributed by atoms with Crippen LogP contribution in [0.1, 0.15) is 0 Å². The van der Waals surface area contributed by atoms with Crippen molar-refractivity contribution in [2.45, 2.75) is 4.90 Å². The number of thioether (sulfide) groups is 1. The summed E-state index contributed by atoms with van der Waals surface area (Å²) in [7, 11) is 3.98. The second-order valence-electron chi connectivity index (χ2n) is 3.55. The highest BCUT2D eigenvalue weighted by molar-refractivity contribution is 7.99. The van der Waals surface area contributed by atoms with Gasteiger partial charge in [-0.15, -0.1) is 11.8 Å². The molecule has 17 heavy (non-hydrogen) atoms. The van der Waals surface area contributed by atoms with Crippen LogP contribution in [-0.2, 0) is 0 Å². The first kappa shape index (κ1) is 16.0. The van der Waals surface area contributed by atoms with Crippen LogP contribution in [0.5, 0.6) is 0 Å². The SMILES string of the molecule is CN(C)CCSc1c(Cl)c(Cl)c(Cl)c(Cl)c1Cl. The van der Waals surface area contributed by atoms with Gasteiger partial charge in [0.15, 0.2) is 0 Å². The molecule has 0 aliphatic rings. The molecule has 1 aromatic carbocycles. The third-order valence-corrected chi connectivity index (χ3v) is 5.54. The van der Waals surface area contributed by atoms with Crippen molar-refractivity contribution in [3.63, 3.8) is 0 Å². The van der Waals surface area contributed by atoms with Crippen LogP contribution in [0, 0.1) is 0 Å². The van der Waals surface area contributed by atoms with Gasteiger partial charge in [-0.05, 0) is 14.1 Å². The highest BCUT2D eigenvalue weighted by atomic mass is 35.5. The van der Waals surface area contributed by atoms with Crippen LogP contribution >= 0.6 is 69.8 Å². The van der Waals surface area contributed by atoms with Gasteiger partial charge in [0.25, 0.3) is 0 Å². The number of benzene rings is 1. The van der Waals surface area contributed by atoms with Crippen molar-refractivity contribution in [2.75, 3.05) is 26.4 Å². The number of nitrogens with zero attached hydrogens (tertiary/aromatic N) is 1. The van der Waals surface area contributed by atoms with Gasteiger partial charge in [-0.1, -0.05) is 58.0 Å². The van der Waals surface area contributed by atoms with Gasteiger partial charge in [0.1, 0.15) is 0 Å². The zero-order valence-electron chi connectivity index (χ0n) is 9.16. The Morgan fingerprint density at radius 2 is 1.24 bits per heavy atom. The minimum atomic E-state index is 0.195. The second kappa shape index (κ2) is 6.95. The summed E-state index contributed by atoms with van der Waals surface area (Å²) >= 11 is 31.5. The van der Waals surface area contributed by atoms with Gasteiger partial charge < -0.3 is 4.90 Å². The maximum atomic E-state index is 6.10. The predicted molar refractivity (Wildman–Crippen MR) is 80.8 cm³/mol. The van der Waals surface area contributed by atoms with Crippen LogP contribution in [0.3, 0.4) is 0 Å². The molecule has 0 atom stereocenters. The molecular formula is C10H10Cl5NS. The Morgan fingerprint density at radius 3 is 1.65 bits per heavy atom. The van der Waals surface area contributed by atoms with Crippen molar-refractivity contribution < 1.29 is 0 Å². The summed E-state index contributed by atoms with van der Waals surface area (Å²) < 4.78 is 0. The van der Waals surface area contributed by atoms with Crippen molar-refractivity contribution in [2.24, 2.45) is 0 Å². The third-order valence-electron chi connectivity index (χ3n) is 1.95. The van der Waals surface area contributed by atoms with Crippen molar-refractivity contribution in [3.8, 4) is 0 Å². The van der Waals surface area contributed by atoms with E-state index >= 15 is 0 Å². The van der Waals surface area contributed by atoms with Crippen LogP contribution in [0.25, 0.3) is 0 Å². The zero-order valence-corrected chi connectivity index (χ0v) is 13.8. The fourth-order valence-electron chi connectivity index (χ4n) is 1.04. The minimum absolute atomic E-state index is 0.195. The van der Waals surface area contributed by atoms with Crippen molar-refractivity contribution in [3.05, 3.63) is 25.1 Å². The molecule has 0 saturated heterocycles. The Bertz CT molecular complexity index is 393. The maximum absolute atomic E-state index is 6.10. The van der Waals surface area contributed by atoms with E-state index in [4.69, 9.17) is 58.0 Å². The lowest BCUT2D eigenvalue weighted by Gasteiger charge is -2.13. The lowest BCUT2D eigenvalue weighted by Crippen LogP contribution is -2.14. The number of halogens is 5. The van der Waals surface area contributed by atoms with E-state index in [1.165, 1.54) is 11.8 Å². The first-order valence-corrected chi connectivity index (χ1v) is 7.52. The van der Waals surface area contributed by atoms with Crippen molar-refractivity contribution in [1.29, 1.82) is 0 Å². The topological polar surface area (TPSA) is 3.24 Å². The lowest BCUT2D eigenvalue weighted by molar-refractivity contribution is 0.437. The van der Waals surface area contributed by atoms with Gasteiger partial charge in [0.2, 0.25) is 0 Å². The summed E-state index contributed by atoms with van der Waals surface area (Å²) in [6.45, 7) is 0.898. The molecule has 0 spiro atoms. The molecule has 0 amide bonds. The number of hydrogen-bond acceptors (Lipinski definition) is 2. The molecule has 0 aliphatic carbocycles. The summed E-state index contributed by atoms with van der Waals surface area (Å²) in [4.78, 5) is 2.74. The Balaban J connectivity index is 2.99. The molecule has 0 N–H and O–H groups in total. The first-order valence-electron chi connectivity index (χ1n) is 4.65. The quantitative estimate of drug-likeness (QED) is 0.393. The van der Waals surface area contributed by atoms with Gasteiger partial charge in [-0.2, -0.15) is 0 Å². The van der Waals surface area contributed by atoms with Gasteiger partial charge in [-0.3, -0.25) is 0 Å². The van der Waals surface area contributed by atoms with Gasteiger partial charge in [0.05, 0.1) is 25.1 Å². The minimum Gasteiger partial charge on any atom is -0.309 e. The lowest BCUT2D eigenvalue weighted by atomic mass is 10.3. The van der Waals surface area contributed by atoms with Crippen molar-refractivity contribution in [1.82, 2.24) is 4.90 Å². The molecule has 0 fully saturated rings. The summed E-state index contributed by atoms with van der Waals surface area (Å²) in [5.41, 5.74) is 0. The van der Waals surface area contributed by atoms with E-state index in [9.17, 15) is 0 Å². The molecule has 0 radical (unpaired) electrons. The normalized spacial score (nSPS) is 11.3. The van der Waals surface area contributed by atoms with Crippen LogP contribution in [0.2, 0.25) is 25.1 Å². The van der Waals surface area contributed by atoms with E-state index < -0.39 is 0 Å². The van der Waals surface area contributed by atoms with Crippen LogP contribution in [0.15, 0.2) is 4.90 Å². The van der Waals surface area contributed by atoms with Crippen LogP contribution in [0.4, 0.5) is 0 Å². The highest BCUT2D eigenvalue weighted by Crippen LogP contribution is 2.47. The van der Waals surface area contributed by atoms with Crippen LogP contribution < -0.4 is 0 Å². The number of rotatable bonds is 4. The summed E-state index contributed by atoms with van der Waals surface area (Å²) in [5, 5.41) is 1.40. The largest absolute Gasteiger partial charge is 0.309 e. The molecule has 1 aromatic rings. The highest BCUT2D eigenvalue weighted by Gasteiger charge is 2.19. The van der Waals surface area contributed by atoms with E-state index in [1.807, 2.05) is 14.1 Å². The van der Waals surface area contributed by atoms with Gasteiger partial charge in [0, 0.05) is 17.2 Å². The van der Waals surface area contributed by atoms with Gasteiger partial charge in [-0.25, -0.2) is 0 Å². The molecule has 1 nitrogen and oxygen atoms in total. The zero-order chi connectivity index (χ0) is 13.2. The summed E-state index contributed by atoms with van der Waals surface area (Å²) in [6, 6.07) is 0. The molecule has 96 valence electrons. The second-order valence-corrected chi connectivity index (χ2v) is 6.55. The molecule has 0 unspecified atom stereocenters. The average molecular weight is 354 g/mol. The van der Waals surface area contributed by atoms with E-state index in [0.29, 0.717) is 14.9 Å². The number of hydrogen-bond donors (Lipinski definition) is 0. The third kappa shape index (κ3) is 3.97. The molecule has 0 bridgehead atoms. The molecule has 0 saturated carbocycles. The predicted octanol–water partition coefficient (Wildman–Crippen LogP) is 5.61. The Labute approximate surface area is 130 Å². The fraction of sp³-hybridized carbons (Fsp3) is 0.400. The van der Waals surface area contributed by atoms with Crippen LogP contribution in [-0.4, -0.2) is 31.3 Å². The monoisotopic (exact) mass is 351 g/mol. The maximum Gasteiger partial charge on any atom is 0.0809 e. The Morgan fingerprint density at radius 1 is 0.824 bits per heavy atom. The molecule has 7 heteroatoms. The van der Waals surface area contributed by atoms with E-state index in [-0.39, 0.29) is 15.1 Å². The Hall–Kier alpha value is 0.980. The molecule has 0 aliphatic heterocycles. The summed E-state index contributed by atoms with van der Waals surface area (Å²) in [5.74, 6) is 0.834. The van der Waals surface area contributed by atoms with Crippen molar-refractivity contribution >= 4 is 69.8 Å². The van der Waals surface area contributed by atoms with E-state index in [2.05, 4.69) is 4.90 Å². The molecule has 0 heterocycles. The smallest absolute Gasteiger partial charge is 0.0809 e. The average Bonchev–Trinajstić information content (AvgIpc) is 2.28.